The fourth-order valence-corrected chi connectivity index (χ4v) is 8.15. The molecule has 4 aliphatic carbocycles. The van der Waals surface area contributed by atoms with Gasteiger partial charge in [0.15, 0.2) is 0 Å². The number of carbonyl (C=O) groups excluding carboxylic acids is 3. The molecule has 17 heteroatoms. The zero-order chi connectivity index (χ0) is 37.4. The van der Waals surface area contributed by atoms with E-state index in [0.717, 1.165) is 0 Å². The van der Waals surface area contributed by atoms with E-state index in [1.165, 1.54) is 109 Å². The molecule has 0 aliphatic heterocycles. The average Bonchev–Trinajstić information content (AvgIpc) is 3.09. The molecular weight excluding hydrogens is 717 g/mol. The Morgan fingerprint density at radius 3 is 1.40 bits per heavy atom. The van der Waals surface area contributed by atoms with Gasteiger partial charge < -0.3 is 20.8 Å². The highest BCUT2D eigenvalue weighted by Gasteiger charge is 2.42. The Hall–Kier alpha value is -5.43. The Morgan fingerprint density at radius 1 is 0.615 bits per heavy atom. The molecule has 0 spiro atoms. The Balaban J connectivity index is 1.16. The quantitative estimate of drug-likeness (QED) is 0.234. The maximum absolute atomic E-state index is 13.2. The van der Waals surface area contributed by atoms with Crippen LogP contribution in [0.1, 0.15) is 20.7 Å². The number of hydrogen-bond acceptors (Lipinski definition) is 9. The van der Waals surface area contributed by atoms with Crippen molar-refractivity contribution in [3.8, 4) is 0 Å². The summed E-state index contributed by atoms with van der Waals surface area (Å²) in [6.07, 6.45) is 11.3. The number of carbonyl (C=O) groups is 3. The number of hydrogen-bond donors (Lipinski definition) is 6. The van der Waals surface area contributed by atoms with E-state index < -0.39 is 72.6 Å². The third-order valence-electron chi connectivity index (χ3n) is 8.66. The van der Waals surface area contributed by atoms with Gasteiger partial charge >= 0.3 is 6.03 Å². The minimum Gasteiger partial charge on any atom is -0.385 e. The molecule has 2 aromatic carbocycles. The van der Waals surface area contributed by atoms with Crippen LogP contribution in [-0.2, 0) is 20.2 Å². The van der Waals surface area contributed by atoms with Gasteiger partial charge in [0.25, 0.3) is 32.1 Å². The molecule has 6 rings (SSSR count). The van der Waals surface area contributed by atoms with Crippen LogP contribution in [0, 0.1) is 11.8 Å². The number of nitrogens with one attached hydrogen (secondary N) is 2. The lowest BCUT2D eigenvalue weighted by Gasteiger charge is -2.32. The molecule has 52 heavy (non-hydrogen) atoms. The molecular formula is C35H30N4O11S2. The number of urea groups is 1. The molecule has 268 valence electrons. The van der Waals surface area contributed by atoms with Crippen LogP contribution in [0.5, 0.6) is 0 Å². The lowest BCUT2D eigenvalue weighted by atomic mass is 9.80. The van der Waals surface area contributed by atoms with Gasteiger partial charge in [0.05, 0.1) is 23.6 Å². The molecule has 0 saturated carbocycles. The lowest BCUT2D eigenvalue weighted by molar-refractivity contribution is 0.0994. The summed E-state index contributed by atoms with van der Waals surface area (Å²) >= 11 is 0. The van der Waals surface area contributed by atoms with Crippen LogP contribution in [0.25, 0.3) is 0 Å². The van der Waals surface area contributed by atoms with Crippen LogP contribution in [0.4, 0.5) is 16.2 Å². The van der Waals surface area contributed by atoms with Gasteiger partial charge in [-0.05, 0) is 59.7 Å². The SMILES string of the molecule is O=C(Nc1cccc(C(=O)N=C2C=CC(O)C3=CC=CC(S(=O)(=O)O)C32)c1)Nc1cccc(C(=O)N=C2C=CC(O)C3=CC=CC(S(=O)(=O)O)C32)c1. The Kier molecular flexibility index (Phi) is 10.00. The van der Waals surface area contributed by atoms with Crippen molar-refractivity contribution in [2.75, 3.05) is 10.6 Å². The van der Waals surface area contributed by atoms with Crippen molar-refractivity contribution >= 4 is 60.9 Å². The van der Waals surface area contributed by atoms with E-state index in [0.29, 0.717) is 0 Å². The number of allylic oxidation sites excluding steroid dienone is 6. The molecule has 4 aliphatic rings. The van der Waals surface area contributed by atoms with Crippen molar-refractivity contribution in [1.82, 2.24) is 0 Å². The summed E-state index contributed by atoms with van der Waals surface area (Å²) in [6.45, 7) is 0. The van der Waals surface area contributed by atoms with E-state index in [2.05, 4.69) is 20.6 Å². The van der Waals surface area contributed by atoms with Crippen molar-refractivity contribution in [3.05, 3.63) is 132 Å². The van der Waals surface area contributed by atoms with E-state index in [1.54, 1.807) is 0 Å². The largest absolute Gasteiger partial charge is 0.385 e. The maximum Gasteiger partial charge on any atom is 0.323 e. The van der Waals surface area contributed by atoms with Crippen LogP contribution in [0.15, 0.2) is 130 Å². The van der Waals surface area contributed by atoms with Gasteiger partial charge in [-0.1, -0.05) is 60.7 Å². The molecule has 0 radical (unpaired) electrons. The predicted octanol–water partition coefficient (Wildman–Crippen LogP) is 3.09. The number of aliphatic imine (C=N–C) groups is 2. The fourth-order valence-electron chi connectivity index (χ4n) is 6.29. The smallest absolute Gasteiger partial charge is 0.323 e. The highest BCUT2D eigenvalue weighted by Crippen LogP contribution is 2.35. The molecule has 6 unspecified atom stereocenters. The van der Waals surface area contributed by atoms with Crippen LogP contribution in [0.3, 0.4) is 0 Å². The van der Waals surface area contributed by atoms with Crippen LogP contribution < -0.4 is 10.6 Å². The number of aliphatic hydroxyl groups excluding tert-OH is 2. The predicted molar refractivity (Wildman–Crippen MR) is 191 cm³/mol. The van der Waals surface area contributed by atoms with Gasteiger partial charge in [-0.3, -0.25) is 18.7 Å². The van der Waals surface area contributed by atoms with Gasteiger partial charge in [0, 0.05) is 34.3 Å². The highest BCUT2D eigenvalue weighted by molar-refractivity contribution is 7.87. The third-order valence-corrected chi connectivity index (χ3v) is 10.9. The molecule has 0 fully saturated rings. The van der Waals surface area contributed by atoms with Gasteiger partial charge in [0.2, 0.25) is 0 Å². The van der Waals surface area contributed by atoms with Gasteiger partial charge in [-0.25, -0.2) is 14.8 Å². The van der Waals surface area contributed by atoms with Crippen molar-refractivity contribution < 1.29 is 50.5 Å². The first kappa shape index (κ1) is 36.4. The van der Waals surface area contributed by atoms with Crippen molar-refractivity contribution in [3.63, 3.8) is 0 Å². The van der Waals surface area contributed by atoms with Gasteiger partial charge in [-0.15, -0.1) is 0 Å². The van der Waals surface area contributed by atoms with E-state index in [4.69, 9.17) is 0 Å². The Labute approximate surface area is 297 Å². The Bertz CT molecular complexity index is 2180. The zero-order valence-electron chi connectivity index (χ0n) is 26.7. The highest BCUT2D eigenvalue weighted by atomic mass is 32.2. The average molecular weight is 747 g/mol. The Morgan fingerprint density at radius 2 is 1.02 bits per heavy atom. The maximum atomic E-state index is 13.2. The summed E-state index contributed by atoms with van der Waals surface area (Å²) in [6, 6.07) is 10.7. The van der Waals surface area contributed by atoms with Crippen molar-refractivity contribution in [1.29, 1.82) is 0 Å². The van der Waals surface area contributed by atoms with Crippen LogP contribution >= 0.6 is 0 Å². The third kappa shape index (κ3) is 7.74. The lowest BCUT2D eigenvalue weighted by Crippen LogP contribution is -2.40. The first-order valence-electron chi connectivity index (χ1n) is 15.6. The van der Waals surface area contributed by atoms with E-state index in [9.17, 15) is 50.5 Å². The normalized spacial score (nSPS) is 26.6. The second-order valence-electron chi connectivity index (χ2n) is 12.0. The summed E-state index contributed by atoms with van der Waals surface area (Å²) in [5, 5.41) is 22.9. The summed E-state index contributed by atoms with van der Waals surface area (Å²) in [7, 11) is -9.23. The molecule has 0 saturated heterocycles. The second-order valence-corrected chi connectivity index (χ2v) is 15.2. The second kappa shape index (κ2) is 14.3. The number of anilines is 2. The summed E-state index contributed by atoms with van der Waals surface area (Å²) in [4.78, 5) is 47.5. The molecule has 4 amide bonds. The molecule has 0 aromatic heterocycles. The number of aliphatic hydroxyl groups is 2. The summed E-state index contributed by atoms with van der Waals surface area (Å²) < 4.78 is 67.9. The number of fused-ring (bicyclic) bond motifs is 2. The van der Waals surface area contributed by atoms with E-state index in [-0.39, 0.29) is 45.1 Å². The van der Waals surface area contributed by atoms with Crippen molar-refractivity contribution in [2.24, 2.45) is 21.8 Å². The van der Waals surface area contributed by atoms with Crippen LogP contribution in [0.2, 0.25) is 0 Å². The standard InChI is InChI=1S/C35H30N4O11S2/c40-27-15-13-25(31-23(27)9-3-11-29(31)51(45,46)47)38-33(42)19-5-1-7-21(17-19)36-35(44)37-22-8-2-6-20(18-22)34(43)39-26-14-16-28(41)24-10-4-12-30(32(24)26)52(48,49)50/h1-18,27-32,40-41H,(H2,36,37,44)(H,45,46,47)(H,48,49,50). The molecule has 6 atom stereocenters. The minimum atomic E-state index is -4.61. The number of nitrogens with zero attached hydrogens (tertiary/aromatic N) is 2. The van der Waals surface area contributed by atoms with Crippen LogP contribution in [-0.4, -0.2) is 88.1 Å². The minimum absolute atomic E-state index is 0.00651. The van der Waals surface area contributed by atoms with Gasteiger partial charge in [0.1, 0.15) is 10.5 Å². The number of benzene rings is 2. The first-order valence-corrected chi connectivity index (χ1v) is 18.6. The number of amides is 4. The molecule has 0 heterocycles. The summed E-state index contributed by atoms with van der Waals surface area (Å²) in [5.41, 5.74) is 0.923. The summed E-state index contributed by atoms with van der Waals surface area (Å²) in [5.74, 6) is -3.78. The molecule has 6 N–H and O–H groups in total. The molecule has 0 bridgehead atoms. The topological polar surface area (TPSA) is 249 Å². The van der Waals surface area contributed by atoms with E-state index in [1.807, 2.05) is 0 Å². The van der Waals surface area contributed by atoms with Gasteiger partial charge in [-0.2, -0.15) is 16.8 Å². The fraction of sp³-hybridized carbons (Fsp3) is 0.171. The monoisotopic (exact) mass is 746 g/mol. The molecule has 15 nitrogen and oxygen atoms in total. The number of rotatable bonds is 6. The first-order chi connectivity index (χ1) is 24.6. The molecule has 2 aromatic rings. The zero-order valence-corrected chi connectivity index (χ0v) is 28.3. The van der Waals surface area contributed by atoms with E-state index >= 15 is 0 Å². The van der Waals surface area contributed by atoms with Crippen molar-refractivity contribution in [2.45, 2.75) is 22.7 Å².